The summed E-state index contributed by atoms with van der Waals surface area (Å²) in [5.74, 6) is 2.30. The molecule has 0 bridgehead atoms. The van der Waals surface area contributed by atoms with Gasteiger partial charge in [-0.1, -0.05) is 36.7 Å². The molecule has 5 rings (SSSR count). The van der Waals surface area contributed by atoms with Crippen LogP contribution in [-0.2, 0) is 11.3 Å². The van der Waals surface area contributed by atoms with Crippen molar-refractivity contribution < 1.29 is 4.79 Å². The quantitative estimate of drug-likeness (QED) is 0.448. The summed E-state index contributed by atoms with van der Waals surface area (Å²) in [6.07, 6.45) is 4.95. The lowest BCUT2D eigenvalue weighted by Gasteiger charge is -2.40. The highest BCUT2D eigenvalue weighted by molar-refractivity contribution is 6.30. The standard InChI is InChI=1S/C30H37ClN4O2/c1-19(2)32-28(36)18-35-29(23-5-4-6-25(31)15-23)33-27-8-7-22(16-26(27)30(35)37)24-13-21(14-24)17-34-11-9-20(3)10-12-34/h4-8,15-16,19-21,24H,9-14,17-18H2,1-3H3,(H,32,36)/t21-,24+. The number of amides is 1. The third-order valence-electron chi connectivity index (χ3n) is 7.91. The van der Waals surface area contributed by atoms with Gasteiger partial charge in [-0.15, -0.1) is 0 Å². The number of nitrogens with zero attached hydrogens (tertiary/aromatic N) is 3. The Hall–Kier alpha value is -2.70. The van der Waals surface area contributed by atoms with E-state index in [4.69, 9.17) is 16.6 Å². The van der Waals surface area contributed by atoms with E-state index in [2.05, 4.69) is 23.2 Å². The molecular formula is C30H37ClN4O2. The molecule has 37 heavy (non-hydrogen) atoms. The first-order valence-corrected chi connectivity index (χ1v) is 14.0. The van der Waals surface area contributed by atoms with E-state index in [1.54, 1.807) is 12.1 Å². The van der Waals surface area contributed by atoms with Crippen LogP contribution in [0.4, 0.5) is 0 Å². The molecule has 196 valence electrons. The van der Waals surface area contributed by atoms with Gasteiger partial charge >= 0.3 is 0 Å². The van der Waals surface area contributed by atoms with Crippen molar-refractivity contribution in [3.05, 3.63) is 63.4 Å². The molecule has 2 heterocycles. The van der Waals surface area contributed by atoms with Gasteiger partial charge in [0.05, 0.1) is 10.9 Å². The molecule has 1 aromatic heterocycles. The van der Waals surface area contributed by atoms with Gasteiger partial charge in [0.25, 0.3) is 5.56 Å². The summed E-state index contributed by atoms with van der Waals surface area (Å²) in [5.41, 5.74) is 2.35. The SMILES string of the molecule is CC1CCN(C[C@H]2C[C@@H](c3ccc4nc(-c5cccc(Cl)c5)n(CC(=O)NC(C)C)c(=O)c4c3)C2)CC1. The Morgan fingerprint density at radius 2 is 1.89 bits per heavy atom. The summed E-state index contributed by atoms with van der Waals surface area (Å²) >= 11 is 6.24. The van der Waals surface area contributed by atoms with Gasteiger partial charge < -0.3 is 10.2 Å². The van der Waals surface area contributed by atoms with Gasteiger partial charge in [0.1, 0.15) is 12.4 Å². The van der Waals surface area contributed by atoms with Crippen molar-refractivity contribution in [2.75, 3.05) is 19.6 Å². The minimum Gasteiger partial charge on any atom is -0.352 e. The lowest BCUT2D eigenvalue weighted by molar-refractivity contribution is -0.122. The zero-order chi connectivity index (χ0) is 26.1. The van der Waals surface area contributed by atoms with E-state index in [0.29, 0.717) is 33.2 Å². The molecule has 6 nitrogen and oxygen atoms in total. The monoisotopic (exact) mass is 520 g/mol. The molecule has 7 heteroatoms. The van der Waals surface area contributed by atoms with Crippen molar-refractivity contribution in [3.8, 4) is 11.4 Å². The number of rotatable bonds is 7. The molecular weight excluding hydrogens is 484 g/mol. The number of likely N-dealkylation sites (tertiary alicyclic amines) is 1. The molecule has 2 aromatic carbocycles. The number of piperidine rings is 1. The van der Waals surface area contributed by atoms with E-state index in [-0.39, 0.29) is 24.1 Å². The van der Waals surface area contributed by atoms with E-state index < -0.39 is 0 Å². The van der Waals surface area contributed by atoms with Crippen LogP contribution in [0.1, 0.15) is 57.9 Å². The van der Waals surface area contributed by atoms with Crippen LogP contribution >= 0.6 is 11.6 Å². The van der Waals surface area contributed by atoms with Gasteiger partial charge in [0.15, 0.2) is 0 Å². The number of nitrogens with one attached hydrogen (secondary N) is 1. The minimum absolute atomic E-state index is 0.0160. The number of hydrogen-bond donors (Lipinski definition) is 1. The van der Waals surface area contributed by atoms with Crippen LogP contribution < -0.4 is 10.9 Å². The summed E-state index contributed by atoms with van der Waals surface area (Å²) in [7, 11) is 0. The molecule has 0 atom stereocenters. The molecule has 2 aliphatic rings. The second-order valence-electron chi connectivity index (χ2n) is 11.4. The van der Waals surface area contributed by atoms with Crippen LogP contribution in [0.2, 0.25) is 5.02 Å². The molecule has 0 radical (unpaired) electrons. The van der Waals surface area contributed by atoms with Crippen molar-refractivity contribution in [1.82, 2.24) is 19.8 Å². The number of carbonyl (C=O) groups is 1. The van der Waals surface area contributed by atoms with Crippen LogP contribution in [-0.4, -0.2) is 46.0 Å². The molecule has 1 amide bonds. The van der Waals surface area contributed by atoms with Crippen LogP contribution in [0.3, 0.4) is 0 Å². The number of fused-ring (bicyclic) bond motifs is 1. The van der Waals surface area contributed by atoms with Crippen LogP contribution in [0.15, 0.2) is 47.3 Å². The summed E-state index contributed by atoms with van der Waals surface area (Å²) in [6, 6.07) is 13.3. The number of halogens is 1. The number of carbonyl (C=O) groups excluding carboxylic acids is 1. The van der Waals surface area contributed by atoms with Crippen LogP contribution in [0.5, 0.6) is 0 Å². The van der Waals surface area contributed by atoms with Gasteiger partial charge in [-0.25, -0.2) is 4.98 Å². The van der Waals surface area contributed by atoms with Gasteiger partial charge in [0, 0.05) is 23.2 Å². The van der Waals surface area contributed by atoms with E-state index in [1.807, 2.05) is 38.1 Å². The summed E-state index contributed by atoms with van der Waals surface area (Å²) in [4.78, 5) is 33.9. The predicted molar refractivity (Wildman–Crippen MR) is 150 cm³/mol. The Morgan fingerprint density at radius 1 is 1.14 bits per heavy atom. The maximum atomic E-state index is 13.8. The fourth-order valence-electron chi connectivity index (χ4n) is 5.77. The Labute approximate surface area is 224 Å². The smallest absolute Gasteiger partial charge is 0.262 e. The van der Waals surface area contributed by atoms with Gasteiger partial charge in [-0.3, -0.25) is 14.2 Å². The molecule has 1 saturated heterocycles. The highest BCUT2D eigenvalue weighted by Crippen LogP contribution is 2.42. The number of aromatic nitrogens is 2. The zero-order valence-electron chi connectivity index (χ0n) is 22.0. The molecule has 1 aliphatic heterocycles. The summed E-state index contributed by atoms with van der Waals surface area (Å²) in [6.45, 7) is 9.72. The van der Waals surface area contributed by atoms with Crippen molar-refractivity contribution in [2.45, 2.75) is 65.0 Å². The topological polar surface area (TPSA) is 67.2 Å². The molecule has 1 N–H and O–H groups in total. The second kappa shape index (κ2) is 11.0. The third-order valence-corrected chi connectivity index (χ3v) is 8.15. The molecule has 2 fully saturated rings. The number of hydrogen-bond acceptors (Lipinski definition) is 4. The van der Waals surface area contributed by atoms with Crippen LogP contribution in [0, 0.1) is 11.8 Å². The molecule has 1 aliphatic carbocycles. The Kier molecular flexibility index (Phi) is 7.68. The van der Waals surface area contributed by atoms with E-state index >= 15 is 0 Å². The van der Waals surface area contributed by atoms with E-state index in [9.17, 15) is 9.59 Å². The average molecular weight is 521 g/mol. The Balaban J connectivity index is 1.41. The predicted octanol–water partition coefficient (Wildman–Crippen LogP) is 5.47. The molecule has 0 unspecified atom stereocenters. The lowest BCUT2D eigenvalue weighted by atomic mass is 9.71. The zero-order valence-corrected chi connectivity index (χ0v) is 22.8. The van der Waals surface area contributed by atoms with Crippen LogP contribution in [0.25, 0.3) is 22.3 Å². The molecule has 3 aromatic rings. The first kappa shape index (κ1) is 25.9. The summed E-state index contributed by atoms with van der Waals surface area (Å²) in [5, 5.41) is 4.01. The van der Waals surface area contributed by atoms with Gasteiger partial charge in [-0.05, 0) is 100 Å². The fourth-order valence-corrected chi connectivity index (χ4v) is 5.96. The first-order valence-electron chi connectivity index (χ1n) is 13.6. The molecule has 1 saturated carbocycles. The minimum atomic E-state index is -0.216. The summed E-state index contributed by atoms with van der Waals surface area (Å²) < 4.78 is 1.48. The fraction of sp³-hybridized carbons (Fsp3) is 0.500. The highest BCUT2D eigenvalue weighted by atomic mass is 35.5. The highest BCUT2D eigenvalue weighted by Gasteiger charge is 2.32. The maximum Gasteiger partial charge on any atom is 0.262 e. The normalized spacial score (nSPS) is 20.8. The van der Waals surface area contributed by atoms with Crippen molar-refractivity contribution in [2.24, 2.45) is 11.8 Å². The Bertz CT molecular complexity index is 1340. The van der Waals surface area contributed by atoms with Gasteiger partial charge in [-0.2, -0.15) is 0 Å². The van der Waals surface area contributed by atoms with Crippen molar-refractivity contribution in [3.63, 3.8) is 0 Å². The number of benzene rings is 2. The Morgan fingerprint density at radius 3 is 2.59 bits per heavy atom. The molecule has 0 spiro atoms. The first-order chi connectivity index (χ1) is 17.8. The van der Waals surface area contributed by atoms with E-state index in [0.717, 1.165) is 24.7 Å². The van der Waals surface area contributed by atoms with Crippen molar-refractivity contribution >= 4 is 28.4 Å². The largest absolute Gasteiger partial charge is 0.352 e. The third kappa shape index (κ3) is 5.91. The average Bonchev–Trinajstić information content (AvgIpc) is 2.83. The van der Waals surface area contributed by atoms with E-state index in [1.165, 1.54) is 42.6 Å². The van der Waals surface area contributed by atoms with Crippen molar-refractivity contribution in [1.29, 1.82) is 0 Å². The second-order valence-corrected chi connectivity index (χ2v) is 11.8. The lowest BCUT2D eigenvalue weighted by Crippen LogP contribution is -2.40. The van der Waals surface area contributed by atoms with Gasteiger partial charge in [0.2, 0.25) is 5.91 Å². The maximum absolute atomic E-state index is 13.8.